The first-order chi connectivity index (χ1) is 7.74. The molecule has 1 atom stereocenters. The van der Waals surface area contributed by atoms with Crippen molar-refractivity contribution >= 4 is 0 Å². The highest BCUT2D eigenvalue weighted by Crippen LogP contribution is 2.09. The maximum atomic E-state index is 12.7. The molecule has 0 aliphatic carbocycles. The van der Waals surface area contributed by atoms with Crippen LogP contribution in [0, 0.1) is 5.82 Å². The molecule has 16 heavy (non-hydrogen) atoms. The normalized spacial score (nSPS) is 12.6. The van der Waals surface area contributed by atoms with Gasteiger partial charge in [-0.25, -0.2) is 4.39 Å². The van der Waals surface area contributed by atoms with E-state index >= 15 is 0 Å². The summed E-state index contributed by atoms with van der Waals surface area (Å²) < 4.78 is 17.9. The molecule has 2 rings (SSSR count). The third-order valence-corrected chi connectivity index (χ3v) is 2.45. The van der Waals surface area contributed by atoms with Gasteiger partial charge in [0.2, 0.25) is 0 Å². The van der Waals surface area contributed by atoms with Gasteiger partial charge in [0.1, 0.15) is 11.6 Å². The van der Waals surface area contributed by atoms with Crippen molar-refractivity contribution in [3.8, 4) is 0 Å². The van der Waals surface area contributed by atoms with Gasteiger partial charge in [0.05, 0.1) is 6.26 Å². The van der Waals surface area contributed by atoms with E-state index in [4.69, 9.17) is 10.2 Å². The van der Waals surface area contributed by atoms with E-state index in [-0.39, 0.29) is 11.9 Å². The molecule has 1 heterocycles. The molecule has 3 heteroatoms. The van der Waals surface area contributed by atoms with Gasteiger partial charge in [0, 0.05) is 12.5 Å². The van der Waals surface area contributed by atoms with Gasteiger partial charge in [-0.2, -0.15) is 0 Å². The van der Waals surface area contributed by atoms with Gasteiger partial charge >= 0.3 is 0 Å². The maximum absolute atomic E-state index is 12.7. The third kappa shape index (κ3) is 2.94. The Kier molecular flexibility index (Phi) is 3.37. The summed E-state index contributed by atoms with van der Waals surface area (Å²) in [5, 5.41) is 0. The van der Waals surface area contributed by atoms with E-state index in [0.717, 1.165) is 17.7 Å². The molecule has 0 spiro atoms. The van der Waals surface area contributed by atoms with Crippen LogP contribution in [0.2, 0.25) is 0 Å². The van der Waals surface area contributed by atoms with Crippen molar-refractivity contribution < 1.29 is 8.81 Å². The number of nitrogens with two attached hydrogens (primary N) is 1. The Morgan fingerprint density at radius 1 is 1.12 bits per heavy atom. The van der Waals surface area contributed by atoms with Gasteiger partial charge in [0.15, 0.2) is 0 Å². The average Bonchev–Trinajstić information content (AvgIpc) is 2.74. The van der Waals surface area contributed by atoms with Crippen molar-refractivity contribution in [2.45, 2.75) is 18.9 Å². The zero-order valence-electron chi connectivity index (χ0n) is 8.90. The van der Waals surface area contributed by atoms with E-state index in [0.29, 0.717) is 6.42 Å². The fourth-order valence-electron chi connectivity index (χ4n) is 1.68. The molecule has 2 nitrogen and oxygen atoms in total. The quantitative estimate of drug-likeness (QED) is 0.858. The second kappa shape index (κ2) is 4.94. The summed E-state index contributed by atoms with van der Waals surface area (Å²) in [7, 11) is 0. The molecule has 0 saturated carbocycles. The minimum absolute atomic E-state index is 0.00314. The van der Waals surface area contributed by atoms with Crippen molar-refractivity contribution in [3.63, 3.8) is 0 Å². The van der Waals surface area contributed by atoms with E-state index < -0.39 is 0 Å². The number of hydrogen-bond acceptors (Lipinski definition) is 2. The van der Waals surface area contributed by atoms with Crippen LogP contribution >= 0.6 is 0 Å². The van der Waals surface area contributed by atoms with Gasteiger partial charge in [-0.15, -0.1) is 0 Å². The van der Waals surface area contributed by atoms with Crippen LogP contribution in [0.3, 0.4) is 0 Å². The lowest BCUT2D eigenvalue weighted by Crippen LogP contribution is -2.25. The summed E-state index contributed by atoms with van der Waals surface area (Å²) in [5.41, 5.74) is 7.02. The van der Waals surface area contributed by atoms with Crippen LogP contribution < -0.4 is 5.73 Å². The minimum atomic E-state index is -0.219. The largest absolute Gasteiger partial charge is 0.469 e. The third-order valence-electron chi connectivity index (χ3n) is 2.45. The Morgan fingerprint density at radius 2 is 1.88 bits per heavy atom. The fourth-order valence-corrected chi connectivity index (χ4v) is 1.68. The lowest BCUT2D eigenvalue weighted by atomic mass is 10.0. The van der Waals surface area contributed by atoms with Crippen LogP contribution in [0.4, 0.5) is 4.39 Å². The second-order valence-electron chi connectivity index (χ2n) is 3.87. The fraction of sp³-hybridized carbons (Fsp3) is 0.231. The average molecular weight is 219 g/mol. The molecule has 0 bridgehead atoms. The maximum Gasteiger partial charge on any atom is 0.123 e. The topological polar surface area (TPSA) is 39.2 Å². The van der Waals surface area contributed by atoms with Crippen molar-refractivity contribution in [1.29, 1.82) is 0 Å². The van der Waals surface area contributed by atoms with Gasteiger partial charge in [0.25, 0.3) is 0 Å². The first-order valence-electron chi connectivity index (χ1n) is 5.26. The highest BCUT2D eigenvalue weighted by atomic mass is 19.1. The van der Waals surface area contributed by atoms with Crippen molar-refractivity contribution in [2.24, 2.45) is 5.73 Å². The molecule has 0 aliphatic rings. The number of hydrogen-bond donors (Lipinski definition) is 1. The number of benzene rings is 1. The zero-order chi connectivity index (χ0) is 11.4. The summed E-state index contributed by atoms with van der Waals surface area (Å²) in [6, 6.07) is 10.2. The Morgan fingerprint density at radius 3 is 2.50 bits per heavy atom. The number of halogens is 1. The lowest BCUT2D eigenvalue weighted by Gasteiger charge is -2.09. The van der Waals surface area contributed by atoms with Crippen LogP contribution in [0.25, 0.3) is 0 Å². The molecule has 2 aromatic rings. The second-order valence-corrected chi connectivity index (χ2v) is 3.87. The summed E-state index contributed by atoms with van der Waals surface area (Å²) in [5.74, 6) is 0.665. The van der Waals surface area contributed by atoms with E-state index in [1.54, 1.807) is 18.4 Å². The van der Waals surface area contributed by atoms with Crippen LogP contribution in [0.1, 0.15) is 11.3 Å². The number of rotatable bonds is 4. The van der Waals surface area contributed by atoms with Crippen LogP contribution in [0.5, 0.6) is 0 Å². The molecule has 1 aromatic carbocycles. The molecule has 0 amide bonds. The Balaban J connectivity index is 1.92. The summed E-state index contributed by atoms with van der Waals surface area (Å²) in [4.78, 5) is 0. The number of furan rings is 1. The molecule has 0 saturated heterocycles. The van der Waals surface area contributed by atoms with Crippen molar-refractivity contribution in [3.05, 3.63) is 59.8 Å². The molecular formula is C13H14FNO. The van der Waals surface area contributed by atoms with E-state index in [1.807, 2.05) is 12.1 Å². The smallest absolute Gasteiger partial charge is 0.123 e. The van der Waals surface area contributed by atoms with Gasteiger partial charge in [-0.05, 0) is 36.2 Å². The molecule has 0 fully saturated rings. The predicted molar refractivity (Wildman–Crippen MR) is 60.5 cm³/mol. The molecule has 84 valence electrons. The predicted octanol–water partition coefficient (Wildman–Crippen LogP) is 2.53. The Bertz CT molecular complexity index is 422. The van der Waals surface area contributed by atoms with E-state index in [1.165, 1.54) is 12.1 Å². The Hall–Kier alpha value is -1.61. The van der Waals surface area contributed by atoms with Crippen molar-refractivity contribution in [1.82, 2.24) is 0 Å². The highest BCUT2D eigenvalue weighted by Gasteiger charge is 2.07. The van der Waals surface area contributed by atoms with Gasteiger partial charge in [-0.3, -0.25) is 0 Å². The monoisotopic (exact) mass is 219 g/mol. The SMILES string of the molecule is NC(Cc1ccc(F)cc1)Cc1ccco1. The first kappa shape index (κ1) is 10.9. The standard InChI is InChI=1S/C13H14FNO/c14-11-5-3-10(4-6-11)8-12(15)9-13-2-1-7-16-13/h1-7,12H,8-9,15H2. The molecular weight excluding hydrogens is 205 g/mol. The van der Waals surface area contributed by atoms with Gasteiger partial charge in [-0.1, -0.05) is 12.1 Å². The lowest BCUT2D eigenvalue weighted by molar-refractivity contribution is 0.483. The van der Waals surface area contributed by atoms with Crippen LogP contribution in [-0.2, 0) is 12.8 Å². The summed E-state index contributed by atoms with van der Waals surface area (Å²) in [6.45, 7) is 0. The minimum Gasteiger partial charge on any atom is -0.469 e. The molecule has 1 unspecified atom stereocenters. The zero-order valence-corrected chi connectivity index (χ0v) is 8.90. The molecule has 0 aliphatic heterocycles. The van der Waals surface area contributed by atoms with Crippen LogP contribution in [0.15, 0.2) is 47.1 Å². The van der Waals surface area contributed by atoms with E-state index in [9.17, 15) is 4.39 Å². The summed E-state index contributed by atoms with van der Waals surface area (Å²) >= 11 is 0. The Labute approximate surface area is 93.9 Å². The van der Waals surface area contributed by atoms with E-state index in [2.05, 4.69) is 0 Å². The molecule has 1 aromatic heterocycles. The van der Waals surface area contributed by atoms with Crippen molar-refractivity contribution in [2.75, 3.05) is 0 Å². The van der Waals surface area contributed by atoms with Crippen LogP contribution in [-0.4, -0.2) is 6.04 Å². The summed E-state index contributed by atoms with van der Waals surface area (Å²) in [6.07, 6.45) is 3.06. The molecule has 2 N–H and O–H groups in total. The molecule has 0 radical (unpaired) electrons. The first-order valence-corrected chi connectivity index (χ1v) is 5.26. The highest BCUT2D eigenvalue weighted by molar-refractivity contribution is 5.17. The van der Waals surface area contributed by atoms with Gasteiger partial charge < -0.3 is 10.2 Å².